The van der Waals surface area contributed by atoms with Crippen LogP contribution >= 0.6 is 0 Å². The van der Waals surface area contributed by atoms with Crippen molar-refractivity contribution in [2.24, 2.45) is 5.92 Å². The quantitative estimate of drug-likeness (QED) is 0.783. The zero-order valence-electron chi connectivity index (χ0n) is 12.3. The van der Waals surface area contributed by atoms with Crippen LogP contribution in [0.5, 0.6) is 0 Å². The Morgan fingerprint density at radius 1 is 1.52 bits per heavy atom. The van der Waals surface area contributed by atoms with Gasteiger partial charge in [0, 0.05) is 25.6 Å². The van der Waals surface area contributed by atoms with Gasteiger partial charge in [-0.3, -0.25) is 4.79 Å². The zero-order valence-corrected chi connectivity index (χ0v) is 12.3. The molecule has 21 heavy (non-hydrogen) atoms. The van der Waals surface area contributed by atoms with E-state index in [0.29, 0.717) is 25.1 Å². The van der Waals surface area contributed by atoms with Gasteiger partial charge in [-0.05, 0) is 24.1 Å². The lowest BCUT2D eigenvalue weighted by molar-refractivity contribution is 0.0930. The van der Waals surface area contributed by atoms with E-state index in [-0.39, 0.29) is 18.1 Å². The van der Waals surface area contributed by atoms with Gasteiger partial charge in [-0.25, -0.2) is 4.39 Å². The summed E-state index contributed by atoms with van der Waals surface area (Å²) >= 11 is 0. The Bertz CT molecular complexity index is 534. The smallest absolute Gasteiger partial charge is 0.254 e. The average Bonchev–Trinajstić information content (AvgIpc) is 2.47. The summed E-state index contributed by atoms with van der Waals surface area (Å²) in [6.07, 6.45) is 0.341. The largest absolute Gasteiger partial charge is 0.395 e. The zero-order chi connectivity index (χ0) is 15.7. The monoisotopic (exact) mass is 293 g/mol. The molecule has 0 aliphatic rings. The van der Waals surface area contributed by atoms with Crippen molar-refractivity contribution in [1.82, 2.24) is 5.32 Å². The lowest BCUT2D eigenvalue weighted by atomic mass is 10.1. The van der Waals surface area contributed by atoms with E-state index in [4.69, 9.17) is 9.84 Å². The van der Waals surface area contributed by atoms with Gasteiger partial charge in [0.05, 0.1) is 18.8 Å². The number of carbonyl (C=O) groups is 1. The van der Waals surface area contributed by atoms with Crippen LogP contribution in [-0.4, -0.2) is 37.9 Å². The molecule has 0 radical (unpaired) electrons. The van der Waals surface area contributed by atoms with Crippen LogP contribution in [0.25, 0.3) is 0 Å². The highest BCUT2D eigenvalue weighted by Crippen LogP contribution is 2.10. The van der Waals surface area contributed by atoms with Crippen LogP contribution in [0.2, 0.25) is 0 Å². The number of hydrogen-bond acceptors (Lipinski definition) is 3. The standard InChI is InChI=1S/C16H20FNO3/c1-12(11-21-2)10-18-16(20)14-9-13(5-3-4-8-19)6-7-15(14)17/h6-7,9,12,19H,4,8,10-11H2,1-2H3,(H,18,20). The van der Waals surface area contributed by atoms with Crippen LogP contribution in [0.15, 0.2) is 18.2 Å². The summed E-state index contributed by atoms with van der Waals surface area (Å²) in [5.74, 6) is 4.60. The molecule has 0 saturated carbocycles. The molecule has 1 unspecified atom stereocenters. The highest BCUT2D eigenvalue weighted by atomic mass is 19.1. The predicted molar refractivity (Wildman–Crippen MR) is 78.4 cm³/mol. The number of methoxy groups -OCH3 is 1. The van der Waals surface area contributed by atoms with E-state index in [1.165, 1.54) is 18.2 Å². The van der Waals surface area contributed by atoms with Gasteiger partial charge >= 0.3 is 0 Å². The fourth-order valence-corrected chi connectivity index (χ4v) is 1.70. The number of nitrogens with one attached hydrogen (secondary N) is 1. The van der Waals surface area contributed by atoms with Gasteiger partial charge in [-0.15, -0.1) is 0 Å². The predicted octanol–water partition coefficient (Wildman–Crippen LogP) is 1.57. The van der Waals surface area contributed by atoms with Gasteiger partial charge in [0.2, 0.25) is 0 Å². The second kappa shape index (κ2) is 9.11. The van der Waals surface area contributed by atoms with Crippen molar-refractivity contribution in [3.05, 3.63) is 35.1 Å². The molecular weight excluding hydrogens is 273 g/mol. The summed E-state index contributed by atoms with van der Waals surface area (Å²) in [4.78, 5) is 12.0. The summed E-state index contributed by atoms with van der Waals surface area (Å²) in [5, 5.41) is 11.3. The second-order valence-corrected chi connectivity index (χ2v) is 4.74. The minimum absolute atomic E-state index is 0.0288. The molecule has 0 aliphatic heterocycles. The first-order chi connectivity index (χ1) is 10.1. The summed E-state index contributed by atoms with van der Waals surface area (Å²) < 4.78 is 18.7. The van der Waals surface area contributed by atoms with Crippen LogP contribution in [-0.2, 0) is 4.74 Å². The molecule has 5 heteroatoms. The van der Waals surface area contributed by atoms with Gasteiger partial charge in [0.1, 0.15) is 5.82 Å². The van der Waals surface area contributed by atoms with Gasteiger partial charge in [-0.2, -0.15) is 0 Å². The van der Waals surface area contributed by atoms with E-state index >= 15 is 0 Å². The van der Waals surface area contributed by atoms with Crippen molar-refractivity contribution in [3.63, 3.8) is 0 Å². The van der Waals surface area contributed by atoms with Gasteiger partial charge < -0.3 is 15.2 Å². The van der Waals surface area contributed by atoms with E-state index in [0.717, 1.165) is 0 Å². The van der Waals surface area contributed by atoms with Crippen molar-refractivity contribution in [3.8, 4) is 11.8 Å². The molecule has 1 atom stereocenters. The molecule has 0 saturated heterocycles. The SMILES string of the molecule is COCC(C)CNC(=O)c1cc(C#CCCO)ccc1F. The number of benzene rings is 1. The Labute approximate surface area is 124 Å². The molecule has 114 valence electrons. The summed E-state index contributed by atoms with van der Waals surface area (Å²) in [5.41, 5.74) is 0.510. The molecule has 0 aliphatic carbocycles. The number of aliphatic hydroxyl groups is 1. The molecule has 1 rings (SSSR count). The lowest BCUT2D eigenvalue weighted by Crippen LogP contribution is -2.30. The number of aliphatic hydroxyl groups excluding tert-OH is 1. The number of hydrogen-bond donors (Lipinski definition) is 2. The van der Waals surface area contributed by atoms with Crippen LogP contribution in [0.4, 0.5) is 4.39 Å². The molecule has 1 aromatic rings. The second-order valence-electron chi connectivity index (χ2n) is 4.74. The number of amides is 1. The van der Waals surface area contributed by atoms with E-state index in [1.807, 2.05) is 6.92 Å². The van der Waals surface area contributed by atoms with Crippen molar-refractivity contribution in [2.45, 2.75) is 13.3 Å². The molecular formula is C16H20FNO3. The Balaban J connectivity index is 2.75. The molecule has 4 nitrogen and oxygen atoms in total. The van der Waals surface area contributed by atoms with Gasteiger partial charge in [0.15, 0.2) is 0 Å². The van der Waals surface area contributed by atoms with Crippen LogP contribution < -0.4 is 5.32 Å². The Morgan fingerprint density at radius 3 is 2.95 bits per heavy atom. The third kappa shape index (κ3) is 5.94. The number of rotatable bonds is 6. The summed E-state index contributed by atoms with van der Waals surface area (Å²) in [6.45, 7) is 2.83. The van der Waals surface area contributed by atoms with Crippen molar-refractivity contribution in [2.75, 3.05) is 26.9 Å². The third-order valence-electron chi connectivity index (χ3n) is 2.74. The van der Waals surface area contributed by atoms with Gasteiger partial charge in [-0.1, -0.05) is 18.8 Å². The van der Waals surface area contributed by atoms with E-state index in [9.17, 15) is 9.18 Å². The normalized spacial score (nSPS) is 11.4. The highest BCUT2D eigenvalue weighted by Gasteiger charge is 2.13. The molecule has 2 N–H and O–H groups in total. The van der Waals surface area contributed by atoms with Crippen molar-refractivity contribution < 1.29 is 19.0 Å². The highest BCUT2D eigenvalue weighted by molar-refractivity contribution is 5.94. The van der Waals surface area contributed by atoms with Gasteiger partial charge in [0.25, 0.3) is 5.91 Å². The first-order valence-corrected chi connectivity index (χ1v) is 6.75. The first kappa shape index (κ1) is 17.2. The molecule has 0 fully saturated rings. The topological polar surface area (TPSA) is 58.6 Å². The molecule has 1 amide bonds. The first-order valence-electron chi connectivity index (χ1n) is 6.75. The molecule has 0 spiro atoms. The van der Waals surface area contributed by atoms with E-state index < -0.39 is 11.7 Å². The maximum absolute atomic E-state index is 13.7. The Hall–Kier alpha value is -1.90. The fourth-order valence-electron chi connectivity index (χ4n) is 1.70. The fraction of sp³-hybridized carbons (Fsp3) is 0.438. The lowest BCUT2D eigenvalue weighted by Gasteiger charge is -2.12. The maximum atomic E-state index is 13.7. The maximum Gasteiger partial charge on any atom is 0.254 e. The minimum Gasteiger partial charge on any atom is -0.395 e. The van der Waals surface area contributed by atoms with E-state index in [1.54, 1.807) is 7.11 Å². The summed E-state index contributed by atoms with van der Waals surface area (Å²) in [6, 6.07) is 4.14. The van der Waals surface area contributed by atoms with Crippen molar-refractivity contribution >= 4 is 5.91 Å². The number of halogens is 1. The molecule has 0 bridgehead atoms. The average molecular weight is 293 g/mol. The minimum atomic E-state index is -0.584. The number of ether oxygens (including phenoxy) is 1. The molecule has 1 aromatic carbocycles. The number of carbonyl (C=O) groups excluding carboxylic acids is 1. The van der Waals surface area contributed by atoms with Crippen LogP contribution in [0, 0.1) is 23.6 Å². The summed E-state index contributed by atoms with van der Waals surface area (Å²) in [7, 11) is 1.59. The molecule has 0 heterocycles. The van der Waals surface area contributed by atoms with Crippen molar-refractivity contribution in [1.29, 1.82) is 0 Å². The Kier molecular flexibility index (Phi) is 7.44. The van der Waals surface area contributed by atoms with Crippen LogP contribution in [0.3, 0.4) is 0 Å². The Morgan fingerprint density at radius 2 is 2.29 bits per heavy atom. The van der Waals surface area contributed by atoms with Crippen LogP contribution in [0.1, 0.15) is 29.3 Å². The third-order valence-corrected chi connectivity index (χ3v) is 2.74. The van der Waals surface area contributed by atoms with E-state index in [2.05, 4.69) is 17.2 Å². The molecule has 0 aromatic heterocycles.